The molecule has 0 aromatic heterocycles. The average molecular weight is 257 g/mol. The number of rotatable bonds is 8. The maximum Gasteiger partial charge on any atom is 0.225 e. The first-order valence-corrected chi connectivity index (χ1v) is 6.70. The van der Waals surface area contributed by atoms with Gasteiger partial charge in [0, 0.05) is 24.9 Å². The normalized spacial score (nSPS) is 13.7. The minimum Gasteiger partial charge on any atom is -0.409 e. The lowest BCUT2D eigenvalue weighted by molar-refractivity contribution is -0.136. The van der Waals surface area contributed by atoms with Gasteiger partial charge in [-0.1, -0.05) is 31.8 Å². The number of unbranched alkanes of at least 4 members (excludes halogenated alkanes) is 1. The van der Waals surface area contributed by atoms with E-state index in [4.69, 9.17) is 10.9 Å². The number of amides is 1. The Morgan fingerprint density at radius 1 is 1.39 bits per heavy atom. The lowest BCUT2D eigenvalue weighted by Gasteiger charge is -2.29. The summed E-state index contributed by atoms with van der Waals surface area (Å²) in [6.45, 7) is 8.56. The van der Waals surface area contributed by atoms with Crippen LogP contribution in [0.5, 0.6) is 0 Å². The van der Waals surface area contributed by atoms with Gasteiger partial charge in [0.1, 0.15) is 5.84 Å². The van der Waals surface area contributed by atoms with Gasteiger partial charge in [-0.15, -0.1) is 0 Å². The van der Waals surface area contributed by atoms with E-state index in [1.54, 1.807) is 4.90 Å². The SMILES string of the molecule is CCCCC(C)C(=O)N(CCC(N)=NO)C(C)C. The first-order chi connectivity index (χ1) is 8.43. The van der Waals surface area contributed by atoms with Gasteiger partial charge in [0.15, 0.2) is 0 Å². The molecule has 1 unspecified atom stereocenters. The Kier molecular flexibility index (Phi) is 8.16. The molecule has 0 saturated carbocycles. The molecule has 0 saturated heterocycles. The van der Waals surface area contributed by atoms with Gasteiger partial charge in [-0.3, -0.25) is 4.79 Å². The van der Waals surface area contributed by atoms with Gasteiger partial charge in [-0.25, -0.2) is 0 Å². The van der Waals surface area contributed by atoms with Crippen molar-refractivity contribution in [3.63, 3.8) is 0 Å². The fourth-order valence-corrected chi connectivity index (χ4v) is 1.82. The van der Waals surface area contributed by atoms with Crippen molar-refractivity contribution in [2.75, 3.05) is 6.54 Å². The number of carbonyl (C=O) groups is 1. The third-order valence-corrected chi connectivity index (χ3v) is 3.06. The van der Waals surface area contributed by atoms with Gasteiger partial charge in [-0.05, 0) is 20.3 Å². The molecule has 0 aliphatic heterocycles. The lowest BCUT2D eigenvalue weighted by atomic mass is 10.0. The Morgan fingerprint density at radius 2 is 2.00 bits per heavy atom. The Balaban J connectivity index is 4.44. The van der Waals surface area contributed by atoms with Gasteiger partial charge < -0.3 is 15.8 Å². The van der Waals surface area contributed by atoms with Crippen LogP contribution in [0.2, 0.25) is 0 Å². The molecule has 0 spiro atoms. The van der Waals surface area contributed by atoms with Gasteiger partial charge in [0.05, 0.1) is 0 Å². The average Bonchev–Trinajstić information content (AvgIpc) is 2.34. The predicted octanol–water partition coefficient (Wildman–Crippen LogP) is 2.19. The number of oxime groups is 1. The summed E-state index contributed by atoms with van der Waals surface area (Å²) in [5.41, 5.74) is 5.44. The Bertz CT molecular complexity index is 277. The topological polar surface area (TPSA) is 78.9 Å². The summed E-state index contributed by atoms with van der Waals surface area (Å²) in [5.74, 6) is 0.360. The highest BCUT2D eigenvalue weighted by Crippen LogP contribution is 2.14. The summed E-state index contributed by atoms with van der Waals surface area (Å²) in [6, 6.07) is 0.132. The maximum atomic E-state index is 12.3. The summed E-state index contributed by atoms with van der Waals surface area (Å²) in [6.07, 6.45) is 3.49. The van der Waals surface area contributed by atoms with Crippen LogP contribution in [0.3, 0.4) is 0 Å². The molecule has 1 amide bonds. The molecule has 3 N–H and O–H groups in total. The van der Waals surface area contributed by atoms with Crippen LogP contribution >= 0.6 is 0 Å². The van der Waals surface area contributed by atoms with E-state index in [0.29, 0.717) is 13.0 Å². The summed E-state index contributed by atoms with van der Waals surface area (Å²) < 4.78 is 0. The van der Waals surface area contributed by atoms with Crippen molar-refractivity contribution in [1.82, 2.24) is 4.90 Å². The molecule has 18 heavy (non-hydrogen) atoms. The van der Waals surface area contributed by atoms with E-state index in [9.17, 15) is 4.79 Å². The van der Waals surface area contributed by atoms with Crippen LogP contribution in [0.4, 0.5) is 0 Å². The molecule has 106 valence electrons. The highest BCUT2D eigenvalue weighted by molar-refractivity contribution is 5.82. The molecule has 0 aliphatic carbocycles. The van der Waals surface area contributed by atoms with Crippen LogP contribution in [0.15, 0.2) is 5.16 Å². The molecule has 0 rings (SSSR count). The number of amidine groups is 1. The van der Waals surface area contributed by atoms with E-state index in [0.717, 1.165) is 19.3 Å². The fourth-order valence-electron chi connectivity index (χ4n) is 1.82. The number of nitrogens with two attached hydrogens (primary N) is 1. The molecule has 0 fully saturated rings. The zero-order valence-electron chi connectivity index (χ0n) is 12.0. The Hall–Kier alpha value is -1.26. The standard InChI is InChI=1S/C13H27N3O2/c1-5-6-7-11(4)13(17)16(10(2)3)9-8-12(14)15-18/h10-11,18H,5-9H2,1-4H3,(H2,14,15). The number of hydrogen-bond acceptors (Lipinski definition) is 3. The zero-order chi connectivity index (χ0) is 14.1. The molecule has 0 bridgehead atoms. The van der Waals surface area contributed by atoms with E-state index in [1.807, 2.05) is 20.8 Å². The van der Waals surface area contributed by atoms with E-state index in [-0.39, 0.29) is 23.7 Å². The quantitative estimate of drug-likeness (QED) is 0.303. The second-order valence-corrected chi connectivity index (χ2v) is 5.01. The van der Waals surface area contributed by atoms with Crippen molar-refractivity contribution in [3.8, 4) is 0 Å². The molecule has 1 atom stereocenters. The molecular weight excluding hydrogens is 230 g/mol. The molecule has 0 aliphatic rings. The number of nitrogens with zero attached hydrogens (tertiary/aromatic N) is 2. The first kappa shape index (κ1) is 16.7. The van der Waals surface area contributed by atoms with Crippen LogP contribution in [0.1, 0.15) is 53.4 Å². The maximum absolute atomic E-state index is 12.3. The second-order valence-electron chi connectivity index (χ2n) is 5.01. The van der Waals surface area contributed by atoms with Crippen LogP contribution in [-0.4, -0.2) is 34.4 Å². The highest BCUT2D eigenvalue weighted by atomic mass is 16.4. The van der Waals surface area contributed by atoms with E-state index in [1.165, 1.54) is 0 Å². The first-order valence-electron chi connectivity index (χ1n) is 6.70. The summed E-state index contributed by atoms with van der Waals surface area (Å²) in [4.78, 5) is 14.1. The van der Waals surface area contributed by atoms with Crippen molar-refractivity contribution in [3.05, 3.63) is 0 Å². The minimum absolute atomic E-state index is 0.0413. The van der Waals surface area contributed by atoms with Gasteiger partial charge in [0.2, 0.25) is 5.91 Å². The fraction of sp³-hybridized carbons (Fsp3) is 0.846. The van der Waals surface area contributed by atoms with Crippen molar-refractivity contribution >= 4 is 11.7 Å². The monoisotopic (exact) mass is 257 g/mol. The van der Waals surface area contributed by atoms with Gasteiger partial charge in [0.25, 0.3) is 0 Å². The number of carbonyl (C=O) groups excluding carboxylic acids is 1. The van der Waals surface area contributed by atoms with Gasteiger partial charge in [-0.2, -0.15) is 0 Å². The molecule has 5 heteroatoms. The predicted molar refractivity (Wildman–Crippen MR) is 73.6 cm³/mol. The third kappa shape index (κ3) is 5.89. The molecule has 0 radical (unpaired) electrons. The minimum atomic E-state index is 0.0413. The van der Waals surface area contributed by atoms with Crippen molar-refractivity contribution in [2.45, 2.75) is 59.4 Å². The van der Waals surface area contributed by atoms with E-state index < -0.39 is 0 Å². The van der Waals surface area contributed by atoms with E-state index >= 15 is 0 Å². The zero-order valence-corrected chi connectivity index (χ0v) is 12.0. The lowest BCUT2D eigenvalue weighted by Crippen LogP contribution is -2.42. The molecule has 0 aromatic carbocycles. The molecular formula is C13H27N3O2. The summed E-state index contributed by atoms with van der Waals surface area (Å²) in [5, 5.41) is 11.4. The van der Waals surface area contributed by atoms with E-state index in [2.05, 4.69) is 12.1 Å². The molecule has 0 aromatic rings. The van der Waals surface area contributed by atoms with Crippen molar-refractivity contribution < 1.29 is 10.0 Å². The largest absolute Gasteiger partial charge is 0.409 e. The highest BCUT2D eigenvalue weighted by Gasteiger charge is 2.22. The van der Waals surface area contributed by atoms with Gasteiger partial charge >= 0.3 is 0 Å². The van der Waals surface area contributed by atoms with Crippen molar-refractivity contribution in [1.29, 1.82) is 0 Å². The Labute approximate surface area is 110 Å². The Morgan fingerprint density at radius 3 is 2.44 bits per heavy atom. The molecule has 0 heterocycles. The van der Waals surface area contributed by atoms with Crippen LogP contribution in [-0.2, 0) is 4.79 Å². The second kappa shape index (κ2) is 8.78. The van der Waals surface area contributed by atoms with Crippen LogP contribution in [0, 0.1) is 5.92 Å². The van der Waals surface area contributed by atoms with Crippen LogP contribution < -0.4 is 5.73 Å². The van der Waals surface area contributed by atoms with Crippen molar-refractivity contribution in [2.24, 2.45) is 16.8 Å². The molecule has 5 nitrogen and oxygen atoms in total. The summed E-state index contributed by atoms with van der Waals surface area (Å²) in [7, 11) is 0. The summed E-state index contributed by atoms with van der Waals surface area (Å²) >= 11 is 0. The third-order valence-electron chi connectivity index (χ3n) is 3.06. The smallest absolute Gasteiger partial charge is 0.225 e. The van der Waals surface area contributed by atoms with Crippen LogP contribution in [0.25, 0.3) is 0 Å². The number of hydrogen-bond donors (Lipinski definition) is 2.